The Kier molecular flexibility index (Phi) is 4.73. The Hall–Kier alpha value is -1.55. The number of benzene rings is 1. The Morgan fingerprint density at radius 3 is 2.33 bits per heavy atom. The van der Waals surface area contributed by atoms with Gasteiger partial charge in [-0.05, 0) is 51.8 Å². The van der Waals surface area contributed by atoms with E-state index in [0.29, 0.717) is 0 Å². The molecule has 0 aromatic heterocycles. The van der Waals surface area contributed by atoms with Crippen LogP contribution in [0.15, 0.2) is 24.3 Å². The van der Waals surface area contributed by atoms with Crippen LogP contribution in [0.25, 0.3) is 0 Å². The van der Waals surface area contributed by atoms with E-state index in [0.717, 1.165) is 17.7 Å². The number of rotatable bonds is 3. The van der Waals surface area contributed by atoms with Crippen molar-refractivity contribution < 1.29 is 9.53 Å². The fourth-order valence-electron chi connectivity index (χ4n) is 1.52. The van der Waals surface area contributed by atoms with Crippen LogP contribution in [0.5, 0.6) is 0 Å². The maximum atomic E-state index is 11.5. The Morgan fingerprint density at radius 1 is 1.33 bits per heavy atom. The Labute approximate surface area is 109 Å². The van der Waals surface area contributed by atoms with Gasteiger partial charge < -0.3 is 10.5 Å². The van der Waals surface area contributed by atoms with Crippen LogP contribution in [0, 0.1) is 0 Å². The molecule has 4 heteroatoms. The number of anilines is 1. The van der Waals surface area contributed by atoms with Gasteiger partial charge in [0, 0.05) is 11.7 Å². The Bertz CT molecular complexity index is 391. The summed E-state index contributed by atoms with van der Waals surface area (Å²) in [5, 5.41) is 2.69. The third-order valence-corrected chi connectivity index (χ3v) is 2.16. The predicted octanol–water partition coefficient (Wildman–Crippen LogP) is 2.92. The zero-order valence-corrected chi connectivity index (χ0v) is 11.5. The lowest BCUT2D eigenvalue weighted by atomic mass is 10.1. The molecule has 0 aliphatic rings. The zero-order chi connectivity index (χ0) is 13.8. The minimum absolute atomic E-state index is 0.134. The molecule has 0 unspecified atom stereocenters. The lowest BCUT2D eigenvalue weighted by Crippen LogP contribution is -2.27. The van der Waals surface area contributed by atoms with Gasteiger partial charge in [0.1, 0.15) is 5.60 Å². The maximum Gasteiger partial charge on any atom is 0.412 e. The van der Waals surface area contributed by atoms with Gasteiger partial charge in [-0.25, -0.2) is 4.79 Å². The lowest BCUT2D eigenvalue weighted by molar-refractivity contribution is 0.0636. The van der Waals surface area contributed by atoms with Crippen LogP contribution in [0.1, 0.15) is 33.3 Å². The van der Waals surface area contributed by atoms with Gasteiger partial charge in [0.2, 0.25) is 0 Å². The Balaban J connectivity index is 2.56. The molecule has 3 N–H and O–H groups in total. The average molecular weight is 250 g/mol. The molecule has 4 nitrogen and oxygen atoms in total. The van der Waals surface area contributed by atoms with Crippen molar-refractivity contribution in [2.75, 3.05) is 5.32 Å². The van der Waals surface area contributed by atoms with E-state index >= 15 is 0 Å². The summed E-state index contributed by atoms with van der Waals surface area (Å²) in [5.74, 6) is 0. The first-order valence-electron chi connectivity index (χ1n) is 6.11. The van der Waals surface area contributed by atoms with E-state index in [9.17, 15) is 4.79 Å². The number of carbonyl (C=O) groups is 1. The first-order chi connectivity index (χ1) is 8.26. The van der Waals surface area contributed by atoms with Crippen LogP contribution < -0.4 is 11.1 Å². The summed E-state index contributed by atoms with van der Waals surface area (Å²) in [7, 11) is 0. The molecule has 0 radical (unpaired) electrons. The molecule has 0 saturated heterocycles. The number of nitrogens with one attached hydrogen (secondary N) is 1. The highest BCUT2D eigenvalue weighted by molar-refractivity contribution is 5.84. The molecule has 100 valence electrons. The van der Waals surface area contributed by atoms with Gasteiger partial charge in [0.15, 0.2) is 0 Å². The van der Waals surface area contributed by atoms with Crippen molar-refractivity contribution in [2.45, 2.75) is 45.8 Å². The molecule has 1 amide bonds. The molecule has 1 rings (SSSR count). The monoisotopic (exact) mass is 250 g/mol. The highest BCUT2D eigenvalue weighted by atomic mass is 16.6. The predicted molar refractivity (Wildman–Crippen MR) is 73.7 cm³/mol. The van der Waals surface area contributed by atoms with E-state index in [2.05, 4.69) is 5.32 Å². The molecule has 1 aromatic carbocycles. The van der Waals surface area contributed by atoms with E-state index in [4.69, 9.17) is 10.5 Å². The van der Waals surface area contributed by atoms with E-state index < -0.39 is 11.7 Å². The van der Waals surface area contributed by atoms with Crippen molar-refractivity contribution in [3.8, 4) is 0 Å². The van der Waals surface area contributed by atoms with Crippen LogP contribution in [-0.4, -0.2) is 17.7 Å². The summed E-state index contributed by atoms with van der Waals surface area (Å²) < 4.78 is 5.17. The minimum Gasteiger partial charge on any atom is -0.444 e. The van der Waals surface area contributed by atoms with Gasteiger partial charge in [-0.15, -0.1) is 0 Å². The van der Waals surface area contributed by atoms with Gasteiger partial charge >= 0.3 is 6.09 Å². The van der Waals surface area contributed by atoms with E-state index in [1.165, 1.54) is 0 Å². The molecule has 1 aromatic rings. The molecular formula is C14H22N2O2. The van der Waals surface area contributed by atoms with Crippen molar-refractivity contribution >= 4 is 11.8 Å². The fraction of sp³-hybridized carbons (Fsp3) is 0.500. The van der Waals surface area contributed by atoms with Crippen molar-refractivity contribution in [3.63, 3.8) is 0 Å². The Morgan fingerprint density at radius 2 is 1.89 bits per heavy atom. The number of ether oxygens (including phenoxy) is 1. The van der Waals surface area contributed by atoms with Crippen LogP contribution in [-0.2, 0) is 11.2 Å². The molecule has 0 bridgehead atoms. The van der Waals surface area contributed by atoms with Crippen LogP contribution in [0.2, 0.25) is 0 Å². The lowest BCUT2D eigenvalue weighted by Gasteiger charge is -2.19. The fourth-order valence-corrected chi connectivity index (χ4v) is 1.52. The number of hydrogen-bond donors (Lipinski definition) is 2. The maximum absolute atomic E-state index is 11.5. The number of carbonyl (C=O) groups excluding carboxylic acids is 1. The molecule has 0 spiro atoms. The highest BCUT2D eigenvalue weighted by Gasteiger charge is 2.15. The first-order valence-corrected chi connectivity index (χ1v) is 6.11. The number of nitrogens with two attached hydrogens (primary N) is 1. The minimum atomic E-state index is -0.487. The summed E-state index contributed by atoms with van der Waals surface area (Å²) in [5.41, 5.74) is 7.11. The van der Waals surface area contributed by atoms with Crippen molar-refractivity contribution in [3.05, 3.63) is 29.8 Å². The van der Waals surface area contributed by atoms with E-state index in [-0.39, 0.29) is 6.04 Å². The second kappa shape index (κ2) is 5.87. The summed E-state index contributed by atoms with van der Waals surface area (Å²) in [4.78, 5) is 11.5. The van der Waals surface area contributed by atoms with Crippen molar-refractivity contribution in [2.24, 2.45) is 5.73 Å². The second-order valence-electron chi connectivity index (χ2n) is 5.51. The molecule has 0 aliphatic carbocycles. The summed E-state index contributed by atoms with van der Waals surface area (Å²) in [6, 6.07) is 7.74. The molecule has 0 aliphatic heterocycles. The van der Waals surface area contributed by atoms with Gasteiger partial charge in [0.25, 0.3) is 0 Å². The SMILES string of the molecule is C[C@@H](N)Cc1ccc(NC(=O)OC(C)(C)C)cc1. The highest BCUT2D eigenvalue weighted by Crippen LogP contribution is 2.13. The van der Waals surface area contributed by atoms with E-state index in [1.807, 2.05) is 52.0 Å². The number of hydrogen-bond acceptors (Lipinski definition) is 3. The van der Waals surface area contributed by atoms with Gasteiger partial charge in [-0.3, -0.25) is 5.32 Å². The normalized spacial score (nSPS) is 12.9. The van der Waals surface area contributed by atoms with Crippen LogP contribution >= 0.6 is 0 Å². The van der Waals surface area contributed by atoms with Crippen LogP contribution in [0.4, 0.5) is 10.5 Å². The summed E-state index contributed by atoms with van der Waals surface area (Å²) in [6.07, 6.45) is 0.384. The largest absolute Gasteiger partial charge is 0.444 e. The standard InChI is InChI=1S/C14H22N2O2/c1-10(15)9-11-5-7-12(8-6-11)16-13(17)18-14(2,3)4/h5-8,10H,9,15H2,1-4H3,(H,16,17)/t10-/m1/s1. The number of amides is 1. The smallest absolute Gasteiger partial charge is 0.412 e. The van der Waals surface area contributed by atoms with Gasteiger partial charge in [0.05, 0.1) is 0 Å². The van der Waals surface area contributed by atoms with Crippen molar-refractivity contribution in [1.82, 2.24) is 0 Å². The third kappa shape index (κ3) is 5.68. The summed E-state index contributed by atoms with van der Waals surface area (Å²) >= 11 is 0. The summed E-state index contributed by atoms with van der Waals surface area (Å²) in [6.45, 7) is 7.46. The average Bonchev–Trinajstić information content (AvgIpc) is 2.17. The quantitative estimate of drug-likeness (QED) is 0.867. The molecule has 0 saturated carbocycles. The van der Waals surface area contributed by atoms with Gasteiger partial charge in [-0.2, -0.15) is 0 Å². The zero-order valence-electron chi connectivity index (χ0n) is 11.5. The molecule has 18 heavy (non-hydrogen) atoms. The van der Waals surface area contributed by atoms with Gasteiger partial charge in [-0.1, -0.05) is 12.1 Å². The second-order valence-corrected chi connectivity index (χ2v) is 5.51. The third-order valence-electron chi connectivity index (χ3n) is 2.16. The van der Waals surface area contributed by atoms with E-state index in [1.54, 1.807) is 0 Å². The van der Waals surface area contributed by atoms with Crippen molar-refractivity contribution in [1.29, 1.82) is 0 Å². The molecule has 0 heterocycles. The topological polar surface area (TPSA) is 64.3 Å². The van der Waals surface area contributed by atoms with Crippen LogP contribution in [0.3, 0.4) is 0 Å². The molecule has 0 fully saturated rings. The molecular weight excluding hydrogens is 228 g/mol. The molecule has 1 atom stereocenters. The first kappa shape index (κ1) is 14.5.